The smallest absolute Gasteiger partial charge is 0.414 e. The second-order valence-electron chi connectivity index (χ2n) is 6.06. The fraction of sp³-hybridized carbons (Fsp3) is 0.529. The van der Waals surface area contributed by atoms with Crippen LogP contribution in [0.5, 0.6) is 5.75 Å². The van der Waals surface area contributed by atoms with E-state index in [-0.39, 0.29) is 18.8 Å². The Morgan fingerprint density at radius 2 is 2.25 bits per heavy atom. The minimum Gasteiger partial charge on any atom is -0.493 e. The first-order valence-electron chi connectivity index (χ1n) is 7.91. The summed E-state index contributed by atoms with van der Waals surface area (Å²) in [5, 5.41) is 8.97. The number of anilines is 1. The van der Waals surface area contributed by atoms with Gasteiger partial charge >= 0.3 is 6.18 Å². The maximum absolute atomic E-state index is 12.3. The summed E-state index contributed by atoms with van der Waals surface area (Å²) in [7, 11) is 0. The number of halogens is 3. The van der Waals surface area contributed by atoms with Crippen molar-refractivity contribution in [2.24, 2.45) is 0 Å². The first-order valence-corrected chi connectivity index (χ1v) is 7.91. The van der Waals surface area contributed by atoms with Crippen molar-refractivity contribution in [3.05, 3.63) is 36.4 Å². The van der Waals surface area contributed by atoms with Crippen LogP contribution >= 0.6 is 0 Å². The quantitative estimate of drug-likeness (QED) is 0.835. The summed E-state index contributed by atoms with van der Waals surface area (Å²) in [4.78, 5) is 2.18. The summed E-state index contributed by atoms with van der Waals surface area (Å²) in [5.74, 6) is 0.516. The van der Waals surface area contributed by atoms with Crippen molar-refractivity contribution in [1.82, 2.24) is 0 Å². The zero-order valence-corrected chi connectivity index (χ0v) is 13.1. The summed E-state index contributed by atoms with van der Waals surface area (Å²) in [6.45, 7) is 4.12. The van der Waals surface area contributed by atoms with Crippen molar-refractivity contribution in [1.29, 1.82) is 0 Å². The lowest BCUT2D eigenvalue weighted by molar-refractivity contribution is -0.206. The van der Waals surface area contributed by atoms with Crippen molar-refractivity contribution in [2.75, 3.05) is 18.2 Å². The van der Waals surface area contributed by atoms with Gasteiger partial charge in [-0.3, -0.25) is 0 Å². The van der Waals surface area contributed by atoms with E-state index in [1.165, 1.54) is 0 Å². The number of nitrogens with zero attached hydrogens (tertiary/aromatic N) is 1. The molecule has 0 aliphatic carbocycles. The van der Waals surface area contributed by atoms with Gasteiger partial charge in [-0.1, -0.05) is 6.08 Å². The molecule has 3 atom stereocenters. The Balaban J connectivity index is 1.62. The molecule has 7 heteroatoms. The average molecular weight is 343 g/mol. The zero-order valence-electron chi connectivity index (χ0n) is 13.1. The number of fused-ring (bicyclic) bond motifs is 3. The normalized spacial score (nSPS) is 24.2. The fourth-order valence-corrected chi connectivity index (χ4v) is 3.23. The summed E-state index contributed by atoms with van der Waals surface area (Å²) in [6, 6.07) is 5.78. The van der Waals surface area contributed by atoms with Crippen LogP contribution in [0.1, 0.15) is 18.4 Å². The molecule has 3 rings (SSSR count). The van der Waals surface area contributed by atoms with Crippen LogP contribution in [0.25, 0.3) is 0 Å². The molecule has 24 heavy (non-hydrogen) atoms. The number of aliphatic hydroxyl groups excluding tert-OH is 1. The molecule has 2 aliphatic rings. The average Bonchev–Trinajstić information content (AvgIpc) is 2.97. The Morgan fingerprint density at radius 1 is 1.46 bits per heavy atom. The molecule has 0 saturated carbocycles. The highest BCUT2D eigenvalue weighted by molar-refractivity contribution is 5.59. The van der Waals surface area contributed by atoms with Gasteiger partial charge < -0.3 is 19.5 Å². The van der Waals surface area contributed by atoms with E-state index in [9.17, 15) is 13.2 Å². The molecule has 1 N–H and O–H groups in total. The van der Waals surface area contributed by atoms with Gasteiger partial charge in [0.05, 0.1) is 18.8 Å². The van der Waals surface area contributed by atoms with Gasteiger partial charge in [-0.15, -0.1) is 6.58 Å². The lowest BCUT2D eigenvalue weighted by Crippen LogP contribution is -2.38. The summed E-state index contributed by atoms with van der Waals surface area (Å²) >= 11 is 0. The van der Waals surface area contributed by atoms with Gasteiger partial charge in [-0.25, -0.2) is 0 Å². The van der Waals surface area contributed by atoms with Gasteiger partial charge in [0.15, 0.2) is 6.10 Å². The van der Waals surface area contributed by atoms with E-state index in [0.29, 0.717) is 12.5 Å². The number of alkyl halides is 3. The number of ether oxygens (including phenoxy) is 2. The van der Waals surface area contributed by atoms with Crippen LogP contribution in [0.2, 0.25) is 0 Å². The second-order valence-corrected chi connectivity index (χ2v) is 6.06. The van der Waals surface area contributed by atoms with Gasteiger partial charge in [-0.05, 0) is 36.6 Å². The predicted octanol–water partition coefficient (Wildman–Crippen LogP) is 3.04. The maximum Gasteiger partial charge on any atom is 0.414 e. The predicted molar refractivity (Wildman–Crippen MR) is 83.1 cm³/mol. The van der Waals surface area contributed by atoms with Crippen LogP contribution in [0.15, 0.2) is 30.9 Å². The third-order valence-electron chi connectivity index (χ3n) is 4.53. The van der Waals surface area contributed by atoms with E-state index in [0.717, 1.165) is 24.1 Å². The van der Waals surface area contributed by atoms with Crippen LogP contribution in [-0.4, -0.2) is 42.9 Å². The molecule has 132 valence electrons. The Kier molecular flexibility index (Phi) is 4.73. The van der Waals surface area contributed by atoms with Crippen LogP contribution in [-0.2, 0) is 11.2 Å². The summed E-state index contributed by atoms with van der Waals surface area (Å²) in [6.07, 6.45) is -3.81. The van der Waals surface area contributed by atoms with Gasteiger partial charge in [-0.2, -0.15) is 13.2 Å². The first-order chi connectivity index (χ1) is 11.4. The lowest BCUT2D eigenvalue weighted by Gasteiger charge is -2.33. The molecule has 1 aromatic rings. The molecule has 0 bridgehead atoms. The minimum absolute atomic E-state index is 0.0259. The highest BCUT2D eigenvalue weighted by atomic mass is 19.4. The molecule has 2 heterocycles. The number of aryl methyl sites for hydroxylation is 1. The molecule has 0 amide bonds. The van der Waals surface area contributed by atoms with Crippen LogP contribution in [0.4, 0.5) is 18.9 Å². The largest absolute Gasteiger partial charge is 0.493 e. The number of aliphatic hydroxyl groups is 1. The minimum atomic E-state index is -4.61. The molecule has 1 saturated heterocycles. The highest BCUT2D eigenvalue weighted by Gasteiger charge is 2.38. The number of rotatable bonds is 5. The van der Waals surface area contributed by atoms with E-state index < -0.39 is 18.7 Å². The molecule has 0 aromatic heterocycles. The lowest BCUT2D eigenvalue weighted by atomic mass is 9.93. The molecule has 0 spiro atoms. The Hall–Kier alpha value is -1.73. The van der Waals surface area contributed by atoms with Crippen LogP contribution < -0.4 is 9.64 Å². The molecule has 1 aromatic carbocycles. The van der Waals surface area contributed by atoms with Gasteiger partial charge in [0, 0.05) is 12.1 Å². The van der Waals surface area contributed by atoms with E-state index in [1.807, 2.05) is 18.2 Å². The molecule has 1 fully saturated rings. The van der Waals surface area contributed by atoms with Gasteiger partial charge in [0.2, 0.25) is 0 Å². The highest BCUT2D eigenvalue weighted by Crippen LogP contribution is 2.38. The van der Waals surface area contributed by atoms with Crippen molar-refractivity contribution >= 4 is 5.69 Å². The van der Waals surface area contributed by atoms with Crippen LogP contribution in [0, 0.1) is 0 Å². The molecular weight excluding hydrogens is 323 g/mol. The monoisotopic (exact) mass is 343 g/mol. The summed E-state index contributed by atoms with van der Waals surface area (Å²) in [5.41, 5.74) is 2.16. The number of hydrogen-bond acceptors (Lipinski definition) is 4. The summed E-state index contributed by atoms with van der Waals surface area (Å²) < 4.78 is 47.8. The van der Waals surface area contributed by atoms with Crippen molar-refractivity contribution in [3.8, 4) is 5.75 Å². The van der Waals surface area contributed by atoms with E-state index >= 15 is 0 Å². The molecule has 0 radical (unpaired) electrons. The van der Waals surface area contributed by atoms with Crippen LogP contribution in [0.3, 0.4) is 0 Å². The Morgan fingerprint density at radius 3 is 2.96 bits per heavy atom. The zero-order chi connectivity index (χ0) is 17.3. The second kappa shape index (κ2) is 6.64. The SMILES string of the molecule is C=CC1OCN2c3ccc(OCCC(O)C(F)(F)F)cc3CCC12. The third-order valence-corrected chi connectivity index (χ3v) is 4.53. The van der Waals surface area contributed by atoms with Crippen molar-refractivity contribution < 1.29 is 27.8 Å². The third kappa shape index (κ3) is 3.37. The van der Waals surface area contributed by atoms with Crippen molar-refractivity contribution in [3.63, 3.8) is 0 Å². The molecule has 4 nitrogen and oxygen atoms in total. The van der Waals surface area contributed by atoms with E-state index in [2.05, 4.69) is 11.5 Å². The van der Waals surface area contributed by atoms with Gasteiger partial charge in [0.1, 0.15) is 12.5 Å². The molecule has 3 unspecified atom stereocenters. The molecule has 2 aliphatic heterocycles. The first kappa shape index (κ1) is 17.1. The number of hydrogen-bond donors (Lipinski definition) is 1. The van der Waals surface area contributed by atoms with E-state index in [1.54, 1.807) is 6.07 Å². The number of benzene rings is 1. The standard InChI is InChI=1S/C17H20F3NO3/c1-2-15-14-5-3-11-9-12(4-6-13(11)21(14)10-24-15)23-8-7-16(22)17(18,19)20/h2,4,6,9,14-16,22H,1,3,5,7-8,10H2. The van der Waals surface area contributed by atoms with Gasteiger partial charge in [0.25, 0.3) is 0 Å². The van der Waals surface area contributed by atoms with Crippen molar-refractivity contribution in [2.45, 2.75) is 43.7 Å². The Labute approximate surface area is 138 Å². The molecular formula is C17H20F3NO3. The maximum atomic E-state index is 12.3. The van der Waals surface area contributed by atoms with E-state index in [4.69, 9.17) is 14.6 Å². The Bertz CT molecular complexity index is 605. The fourth-order valence-electron chi connectivity index (χ4n) is 3.23. The topological polar surface area (TPSA) is 41.9 Å².